The maximum absolute atomic E-state index is 13.1. The van der Waals surface area contributed by atoms with E-state index >= 15 is 0 Å². The van der Waals surface area contributed by atoms with E-state index in [0.29, 0.717) is 23.7 Å². The average Bonchev–Trinajstić information content (AvgIpc) is 3.24. The second-order valence-electron chi connectivity index (χ2n) is 6.77. The summed E-state index contributed by atoms with van der Waals surface area (Å²) in [5, 5.41) is 2.58. The van der Waals surface area contributed by atoms with Crippen LogP contribution in [0, 0.1) is 6.92 Å². The van der Waals surface area contributed by atoms with E-state index in [1.54, 1.807) is 41.4 Å². The summed E-state index contributed by atoms with van der Waals surface area (Å²) >= 11 is 7.58. The summed E-state index contributed by atoms with van der Waals surface area (Å²) < 4.78 is 29.7. The topological polar surface area (TPSA) is 63.7 Å². The van der Waals surface area contributed by atoms with Crippen LogP contribution in [0.5, 0.6) is 5.75 Å². The van der Waals surface area contributed by atoms with Gasteiger partial charge in [-0.1, -0.05) is 17.7 Å². The Morgan fingerprint density at radius 3 is 2.78 bits per heavy atom. The molecule has 0 unspecified atom stereocenters. The van der Waals surface area contributed by atoms with E-state index in [-0.39, 0.29) is 23.5 Å². The quantitative estimate of drug-likeness (QED) is 0.705. The van der Waals surface area contributed by atoms with Gasteiger partial charge in [-0.2, -0.15) is 0 Å². The minimum atomic E-state index is -3.09. The highest BCUT2D eigenvalue weighted by Crippen LogP contribution is 2.25. The zero-order chi connectivity index (χ0) is 19.6. The number of thiophene rings is 1. The van der Waals surface area contributed by atoms with Gasteiger partial charge < -0.3 is 9.64 Å². The fourth-order valence-corrected chi connectivity index (χ4v) is 5.71. The zero-order valence-electron chi connectivity index (χ0n) is 15.2. The third kappa shape index (κ3) is 5.03. The maximum atomic E-state index is 13.1. The fourth-order valence-electron chi connectivity index (χ4n) is 3.16. The van der Waals surface area contributed by atoms with Crippen molar-refractivity contribution < 1.29 is 17.9 Å². The number of rotatable bonds is 6. The van der Waals surface area contributed by atoms with Crippen molar-refractivity contribution in [2.24, 2.45) is 0 Å². The zero-order valence-corrected chi connectivity index (χ0v) is 17.6. The first-order valence-electron chi connectivity index (χ1n) is 8.71. The molecule has 1 saturated heterocycles. The third-order valence-corrected chi connectivity index (χ3v) is 7.66. The lowest BCUT2D eigenvalue weighted by Gasteiger charge is -2.30. The molecule has 0 bridgehead atoms. The number of nitrogens with zero attached hydrogens (tertiary/aromatic N) is 1. The first kappa shape index (κ1) is 20.2. The van der Waals surface area contributed by atoms with Gasteiger partial charge in [0.25, 0.3) is 5.91 Å². The smallest absolute Gasteiger partial charge is 0.263 e. The van der Waals surface area contributed by atoms with Crippen molar-refractivity contribution in [1.29, 1.82) is 0 Å². The summed E-state index contributed by atoms with van der Waals surface area (Å²) in [7, 11) is -3.09. The van der Waals surface area contributed by atoms with Crippen molar-refractivity contribution in [2.75, 3.05) is 11.5 Å². The molecular weight excluding hydrogens is 406 g/mol. The number of halogens is 1. The molecule has 1 fully saturated rings. The normalized spacial score (nSPS) is 19.6. The van der Waals surface area contributed by atoms with Gasteiger partial charge in [0.05, 0.1) is 18.1 Å². The summed E-state index contributed by atoms with van der Waals surface area (Å²) in [5.74, 6) is 0.486. The molecule has 0 saturated carbocycles. The highest BCUT2D eigenvalue weighted by molar-refractivity contribution is 7.91. The molecule has 1 amide bonds. The highest BCUT2D eigenvalue weighted by Gasteiger charge is 2.36. The number of carbonyl (C=O) groups excluding carboxylic acids is 1. The summed E-state index contributed by atoms with van der Waals surface area (Å²) in [4.78, 5) is 15.8. The van der Waals surface area contributed by atoms with E-state index in [2.05, 4.69) is 0 Å². The van der Waals surface area contributed by atoms with Gasteiger partial charge in [-0.15, -0.1) is 11.3 Å². The van der Waals surface area contributed by atoms with Crippen LogP contribution >= 0.6 is 22.9 Å². The van der Waals surface area contributed by atoms with E-state index < -0.39 is 15.9 Å². The monoisotopic (exact) mass is 427 g/mol. The lowest BCUT2D eigenvalue weighted by Crippen LogP contribution is -2.46. The molecule has 8 heteroatoms. The largest absolute Gasteiger partial charge is 0.481 e. The minimum Gasteiger partial charge on any atom is -0.481 e. The molecule has 1 aromatic carbocycles. The molecule has 0 radical (unpaired) electrons. The van der Waals surface area contributed by atoms with E-state index in [0.717, 1.165) is 10.4 Å². The van der Waals surface area contributed by atoms with Gasteiger partial charge >= 0.3 is 0 Å². The molecule has 0 aliphatic carbocycles. The van der Waals surface area contributed by atoms with Crippen LogP contribution < -0.4 is 4.74 Å². The van der Waals surface area contributed by atoms with Crippen molar-refractivity contribution in [1.82, 2.24) is 4.90 Å². The second kappa shape index (κ2) is 8.20. The van der Waals surface area contributed by atoms with Crippen molar-refractivity contribution in [3.05, 3.63) is 51.2 Å². The Hall–Kier alpha value is -1.57. The molecule has 146 valence electrons. The van der Waals surface area contributed by atoms with Gasteiger partial charge in [0, 0.05) is 15.9 Å². The molecule has 2 atom stereocenters. The van der Waals surface area contributed by atoms with Gasteiger partial charge in [0.1, 0.15) is 5.75 Å². The minimum absolute atomic E-state index is 0.0108. The number of amides is 1. The Morgan fingerprint density at radius 2 is 2.19 bits per heavy atom. The molecule has 27 heavy (non-hydrogen) atoms. The van der Waals surface area contributed by atoms with Crippen LogP contribution in [0.25, 0.3) is 0 Å². The summed E-state index contributed by atoms with van der Waals surface area (Å²) in [6.45, 7) is 3.95. The van der Waals surface area contributed by atoms with Crippen LogP contribution in [0.3, 0.4) is 0 Å². The number of hydrogen-bond acceptors (Lipinski definition) is 5. The molecule has 1 aliphatic heterocycles. The lowest BCUT2D eigenvalue weighted by atomic mass is 10.2. The first-order valence-corrected chi connectivity index (χ1v) is 11.8. The Labute approximate surface area is 168 Å². The molecule has 3 rings (SSSR count). The summed E-state index contributed by atoms with van der Waals surface area (Å²) in [6.07, 6.45) is -0.263. The third-order valence-electron chi connectivity index (χ3n) is 4.63. The number of hydrogen-bond donors (Lipinski definition) is 0. The number of carbonyl (C=O) groups is 1. The SMILES string of the molecule is Cc1cc(O[C@H](C)C(=O)N(Cc2cccs2)[C@H]2CCS(=O)(=O)C2)ccc1Cl. The fraction of sp³-hybridized carbons (Fsp3) is 0.421. The Morgan fingerprint density at radius 1 is 1.41 bits per heavy atom. The standard InChI is InChI=1S/C19H22ClNO4S2/c1-13-10-16(5-6-18(13)20)25-14(2)19(22)21(11-17-4-3-8-26-17)15-7-9-27(23,24)12-15/h3-6,8,10,14-15H,7,9,11-12H2,1-2H3/t14-,15+/m1/s1. The van der Waals surface area contributed by atoms with E-state index in [9.17, 15) is 13.2 Å². The van der Waals surface area contributed by atoms with Gasteiger partial charge in [-0.05, 0) is 55.5 Å². The van der Waals surface area contributed by atoms with Crippen LogP contribution in [0.15, 0.2) is 35.7 Å². The predicted molar refractivity (Wildman–Crippen MR) is 108 cm³/mol. The van der Waals surface area contributed by atoms with Crippen LogP contribution in [-0.2, 0) is 21.2 Å². The number of sulfone groups is 1. The van der Waals surface area contributed by atoms with Crippen LogP contribution in [0.4, 0.5) is 0 Å². The van der Waals surface area contributed by atoms with Gasteiger partial charge in [-0.3, -0.25) is 4.79 Å². The first-order chi connectivity index (χ1) is 12.7. The molecule has 0 N–H and O–H groups in total. The molecule has 0 spiro atoms. The van der Waals surface area contributed by atoms with Gasteiger partial charge in [-0.25, -0.2) is 8.42 Å². The molecular formula is C19H22ClNO4S2. The highest BCUT2D eigenvalue weighted by atomic mass is 35.5. The van der Waals surface area contributed by atoms with Gasteiger partial charge in [0.2, 0.25) is 0 Å². The second-order valence-corrected chi connectivity index (χ2v) is 10.4. The maximum Gasteiger partial charge on any atom is 0.263 e. The predicted octanol–water partition coefficient (Wildman–Crippen LogP) is 3.69. The van der Waals surface area contributed by atoms with E-state index in [4.69, 9.17) is 16.3 Å². The Kier molecular flexibility index (Phi) is 6.13. The number of aryl methyl sites for hydroxylation is 1. The van der Waals surface area contributed by atoms with E-state index in [1.807, 2.05) is 24.4 Å². The van der Waals surface area contributed by atoms with Crippen molar-refractivity contribution >= 4 is 38.7 Å². The molecule has 1 aliphatic rings. The van der Waals surface area contributed by atoms with Crippen molar-refractivity contribution in [3.63, 3.8) is 0 Å². The van der Waals surface area contributed by atoms with Crippen LogP contribution in [0.2, 0.25) is 5.02 Å². The van der Waals surface area contributed by atoms with Gasteiger partial charge in [0.15, 0.2) is 15.9 Å². The summed E-state index contributed by atoms with van der Waals surface area (Å²) in [5.41, 5.74) is 0.867. The Balaban J connectivity index is 1.77. The summed E-state index contributed by atoms with van der Waals surface area (Å²) in [6, 6.07) is 8.80. The molecule has 1 aromatic heterocycles. The Bertz CT molecular complexity index is 912. The average molecular weight is 428 g/mol. The molecule has 2 heterocycles. The van der Waals surface area contributed by atoms with Crippen LogP contribution in [0.1, 0.15) is 23.8 Å². The lowest BCUT2D eigenvalue weighted by molar-refractivity contribution is -0.140. The molecule has 2 aromatic rings. The van der Waals surface area contributed by atoms with Crippen molar-refractivity contribution in [3.8, 4) is 5.75 Å². The number of benzene rings is 1. The van der Waals surface area contributed by atoms with E-state index in [1.165, 1.54) is 0 Å². The van der Waals surface area contributed by atoms with Crippen LogP contribution in [-0.4, -0.2) is 42.9 Å². The van der Waals surface area contributed by atoms with Crippen molar-refractivity contribution in [2.45, 2.75) is 39.0 Å². The number of ether oxygens (including phenoxy) is 1. The molecule has 5 nitrogen and oxygen atoms in total.